The van der Waals surface area contributed by atoms with E-state index < -0.39 is 0 Å². The Hall–Kier alpha value is -2.76. The molecule has 0 amide bonds. The number of anilines is 2. The summed E-state index contributed by atoms with van der Waals surface area (Å²) in [5, 5.41) is 12.2. The second kappa shape index (κ2) is 7.47. The van der Waals surface area contributed by atoms with Gasteiger partial charge >= 0.3 is 0 Å². The van der Waals surface area contributed by atoms with Gasteiger partial charge in [0.15, 0.2) is 10.2 Å². The van der Waals surface area contributed by atoms with Crippen molar-refractivity contribution < 1.29 is 0 Å². The van der Waals surface area contributed by atoms with Crippen LogP contribution >= 0.6 is 23.6 Å². The minimum absolute atomic E-state index is 0.539. The van der Waals surface area contributed by atoms with Crippen LogP contribution < -0.4 is 10.6 Å². The van der Waals surface area contributed by atoms with Crippen molar-refractivity contribution >= 4 is 50.3 Å². The van der Waals surface area contributed by atoms with Crippen molar-refractivity contribution in [3.8, 4) is 11.3 Å². The van der Waals surface area contributed by atoms with Crippen LogP contribution in [-0.4, -0.2) is 10.1 Å². The normalized spacial score (nSPS) is 10.7. The molecule has 0 atom stereocenters. The fraction of sp³-hybridized carbons (Fsp3) is 0.0909. The zero-order chi connectivity index (χ0) is 18.8. The van der Waals surface area contributed by atoms with Gasteiger partial charge < -0.3 is 10.6 Å². The van der Waals surface area contributed by atoms with Gasteiger partial charge in [-0.1, -0.05) is 48.5 Å². The predicted octanol–water partition coefficient (Wildman–Crippen LogP) is 6.39. The van der Waals surface area contributed by atoms with Crippen LogP contribution in [0.5, 0.6) is 0 Å². The molecule has 27 heavy (non-hydrogen) atoms. The largest absolute Gasteiger partial charge is 0.332 e. The van der Waals surface area contributed by atoms with Gasteiger partial charge in [0.2, 0.25) is 0 Å². The minimum Gasteiger partial charge on any atom is -0.332 e. The summed E-state index contributed by atoms with van der Waals surface area (Å²) in [6.07, 6.45) is 0. The number of fused-ring (bicyclic) bond motifs is 1. The monoisotopic (exact) mass is 389 g/mol. The minimum atomic E-state index is 0.539. The summed E-state index contributed by atoms with van der Waals surface area (Å²) in [7, 11) is 0. The number of rotatable bonds is 3. The fourth-order valence-corrected chi connectivity index (χ4v) is 3.98. The van der Waals surface area contributed by atoms with Crippen LogP contribution in [-0.2, 0) is 0 Å². The Bertz CT molecular complexity index is 1130. The number of nitrogens with one attached hydrogen (secondary N) is 2. The molecule has 3 nitrogen and oxygen atoms in total. The lowest BCUT2D eigenvalue weighted by Gasteiger charge is -2.10. The van der Waals surface area contributed by atoms with Gasteiger partial charge in [0.05, 0.1) is 5.69 Å². The van der Waals surface area contributed by atoms with Crippen molar-refractivity contribution in [2.45, 2.75) is 13.8 Å². The van der Waals surface area contributed by atoms with Gasteiger partial charge in [-0.15, -0.1) is 11.3 Å². The number of benzene rings is 3. The zero-order valence-electron chi connectivity index (χ0n) is 15.1. The Balaban J connectivity index is 1.52. The van der Waals surface area contributed by atoms with E-state index in [2.05, 4.69) is 84.5 Å². The summed E-state index contributed by atoms with van der Waals surface area (Å²) in [5.74, 6) is 0. The number of thiocarbonyl (C=S) groups is 1. The Morgan fingerprint density at radius 2 is 1.74 bits per heavy atom. The second-order valence-corrected chi connectivity index (χ2v) is 7.71. The van der Waals surface area contributed by atoms with Gasteiger partial charge in [-0.2, -0.15) is 0 Å². The van der Waals surface area contributed by atoms with E-state index in [9.17, 15) is 0 Å². The first-order valence-electron chi connectivity index (χ1n) is 8.69. The van der Waals surface area contributed by atoms with Gasteiger partial charge in [-0.25, -0.2) is 4.98 Å². The molecule has 1 heterocycles. The van der Waals surface area contributed by atoms with E-state index in [4.69, 9.17) is 17.2 Å². The quantitative estimate of drug-likeness (QED) is 0.398. The van der Waals surface area contributed by atoms with Crippen LogP contribution in [0.1, 0.15) is 11.1 Å². The van der Waals surface area contributed by atoms with Crippen molar-refractivity contribution in [3.63, 3.8) is 0 Å². The molecule has 0 aliphatic rings. The summed E-state index contributed by atoms with van der Waals surface area (Å²) in [6.45, 7) is 4.19. The van der Waals surface area contributed by atoms with Gasteiger partial charge in [0, 0.05) is 16.6 Å². The molecule has 5 heteroatoms. The van der Waals surface area contributed by atoms with Crippen molar-refractivity contribution in [1.29, 1.82) is 0 Å². The van der Waals surface area contributed by atoms with Crippen LogP contribution in [0.15, 0.2) is 66.0 Å². The van der Waals surface area contributed by atoms with Gasteiger partial charge in [-0.05, 0) is 60.1 Å². The molecular weight excluding hydrogens is 370 g/mol. The van der Waals surface area contributed by atoms with E-state index >= 15 is 0 Å². The number of aryl methyl sites for hydroxylation is 2. The van der Waals surface area contributed by atoms with Crippen LogP contribution in [0, 0.1) is 13.8 Å². The van der Waals surface area contributed by atoms with Crippen LogP contribution in [0.3, 0.4) is 0 Å². The average Bonchev–Trinajstić information content (AvgIpc) is 3.12. The van der Waals surface area contributed by atoms with Crippen molar-refractivity contribution in [2.24, 2.45) is 0 Å². The Morgan fingerprint density at radius 1 is 0.926 bits per heavy atom. The van der Waals surface area contributed by atoms with E-state index in [1.54, 1.807) is 11.3 Å². The van der Waals surface area contributed by atoms with E-state index in [1.165, 1.54) is 21.9 Å². The number of thiazole rings is 1. The molecule has 4 aromatic rings. The zero-order valence-corrected chi connectivity index (χ0v) is 16.7. The van der Waals surface area contributed by atoms with Crippen LogP contribution in [0.25, 0.3) is 22.0 Å². The number of nitrogens with zero attached hydrogens (tertiary/aromatic N) is 1. The highest BCUT2D eigenvalue weighted by Crippen LogP contribution is 2.31. The topological polar surface area (TPSA) is 37.0 Å². The molecule has 0 saturated heterocycles. The van der Waals surface area contributed by atoms with Gasteiger partial charge in [0.25, 0.3) is 0 Å². The molecule has 2 N–H and O–H groups in total. The highest BCUT2D eigenvalue weighted by molar-refractivity contribution is 7.80. The Morgan fingerprint density at radius 3 is 2.59 bits per heavy atom. The number of hydrogen-bond acceptors (Lipinski definition) is 3. The van der Waals surface area contributed by atoms with Gasteiger partial charge in [-0.3, -0.25) is 0 Å². The molecule has 0 saturated carbocycles. The highest BCUT2D eigenvalue weighted by atomic mass is 32.1. The molecule has 4 rings (SSSR count). The molecule has 0 aliphatic carbocycles. The average molecular weight is 390 g/mol. The van der Waals surface area contributed by atoms with Crippen molar-refractivity contribution in [1.82, 2.24) is 4.98 Å². The molecule has 0 radical (unpaired) electrons. The molecule has 0 aliphatic heterocycles. The van der Waals surface area contributed by atoms with Gasteiger partial charge in [0.1, 0.15) is 0 Å². The second-order valence-electron chi connectivity index (χ2n) is 6.44. The predicted molar refractivity (Wildman–Crippen MR) is 121 cm³/mol. The molecule has 0 fully saturated rings. The summed E-state index contributed by atoms with van der Waals surface area (Å²) >= 11 is 6.99. The molecule has 3 aromatic carbocycles. The Kier molecular flexibility index (Phi) is 4.88. The fourth-order valence-electron chi connectivity index (χ4n) is 2.98. The third-order valence-electron chi connectivity index (χ3n) is 4.56. The van der Waals surface area contributed by atoms with E-state index in [1.807, 2.05) is 6.07 Å². The van der Waals surface area contributed by atoms with Crippen molar-refractivity contribution in [2.75, 3.05) is 10.6 Å². The van der Waals surface area contributed by atoms with Crippen LogP contribution in [0.2, 0.25) is 0 Å². The molecular formula is C22H19N3S2. The lowest BCUT2D eigenvalue weighted by Crippen LogP contribution is -2.19. The molecule has 134 valence electrons. The third-order valence-corrected chi connectivity index (χ3v) is 5.52. The lowest BCUT2D eigenvalue weighted by molar-refractivity contribution is 1.34. The molecule has 0 spiro atoms. The summed E-state index contributed by atoms with van der Waals surface area (Å²) in [5.41, 5.74) is 5.55. The maximum absolute atomic E-state index is 5.44. The maximum atomic E-state index is 5.44. The molecule has 1 aromatic heterocycles. The summed E-state index contributed by atoms with van der Waals surface area (Å²) < 4.78 is 0. The molecule has 0 bridgehead atoms. The number of hydrogen-bond donors (Lipinski definition) is 2. The third kappa shape index (κ3) is 3.84. The lowest BCUT2D eigenvalue weighted by atomic mass is 10.0. The standard InChI is InChI=1S/C22H19N3S2/c1-14-10-11-17(12-15(14)2)23-21(26)25-22-24-20(13-27-22)19-9-5-7-16-6-3-4-8-18(16)19/h3-13H,1-2H3,(H2,23,24,25,26). The highest BCUT2D eigenvalue weighted by Gasteiger charge is 2.09. The van der Waals surface area contributed by atoms with E-state index in [-0.39, 0.29) is 0 Å². The SMILES string of the molecule is Cc1ccc(NC(=S)Nc2nc(-c3cccc4ccccc34)cs2)cc1C. The first-order chi connectivity index (χ1) is 13.1. The summed E-state index contributed by atoms with van der Waals surface area (Å²) in [6, 6.07) is 20.8. The summed E-state index contributed by atoms with van der Waals surface area (Å²) in [4.78, 5) is 4.72. The van der Waals surface area contributed by atoms with Crippen LogP contribution in [0.4, 0.5) is 10.8 Å². The first kappa shape index (κ1) is 17.6. The number of aromatic nitrogens is 1. The Labute approximate surface area is 168 Å². The van der Waals surface area contributed by atoms with Crippen molar-refractivity contribution in [3.05, 3.63) is 77.2 Å². The van der Waals surface area contributed by atoms with E-state index in [0.717, 1.165) is 22.1 Å². The van der Waals surface area contributed by atoms with E-state index in [0.29, 0.717) is 5.11 Å². The smallest absolute Gasteiger partial charge is 0.189 e. The molecule has 0 unspecified atom stereocenters. The maximum Gasteiger partial charge on any atom is 0.189 e. The first-order valence-corrected chi connectivity index (χ1v) is 9.98.